The Labute approximate surface area is 156 Å². The summed E-state index contributed by atoms with van der Waals surface area (Å²) in [6, 6.07) is 14.2. The number of amides is 2. The largest absolute Gasteiger partial charge is 0.275 e. The van der Waals surface area contributed by atoms with Crippen LogP contribution in [0.15, 0.2) is 66.1 Å². The molecule has 0 N–H and O–H groups in total. The molecule has 134 valence electrons. The van der Waals surface area contributed by atoms with E-state index in [1.807, 2.05) is 13.0 Å². The normalized spacial score (nSPS) is 13.9. The summed E-state index contributed by atoms with van der Waals surface area (Å²) in [7, 11) is -4.33. The monoisotopic (exact) mass is 377 g/mol. The molecule has 5 nitrogen and oxygen atoms in total. The average molecular weight is 377 g/mol. The molecule has 0 saturated heterocycles. The Balaban J connectivity index is 1.93. The highest BCUT2D eigenvalue weighted by atomic mass is 32.2. The van der Waals surface area contributed by atoms with E-state index in [0.717, 1.165) is 16.5 Å². The van der Waals surface area contributed by atoms with Crippen molar-refractivity contribution in [3.05, 3.63) is 83.4 Å². The van der Waals surface area contributed by atoms with Gasteiger partial charge in [-0.2, -0.15) is 4.31 Å². The minimum Gasteiger partial charge on any atom is -0.267 e. The molecular formula is C21H15NO4S. The van der Waals surface area contributed by atoms with Crippen molar-refractivity contribution in [3.8, 4) is 0 Å². The molecule has 27 heavy (non-hydrogen) atoms. The molecule has 4 rings (SSSR count). The predicted octanol–water partition coefficient (Wildman–Crippen LogP) is 3.78. The maximum absolute atomic E-state index is 13.1. The summed E-state index contributed by atoms with van der Waals surface area (Å²) >= 11 is 0. The van der Waals surface area contributed by atoms with Gasteiger partial charge in [-0.1, -0.05) is 43.0 Å². The number of rotatable bonds is 3. The van der Waals surface area contributed by atoms with Crippen molar-refractivity contribution in [1.29, 1.82) is 0 Å². The standard InChI is InChI=1S/C21H15NO4S/c1-3-14-8-10-15(11-9-14)27(25,26)22-20(23)17-6-4-5-16-13(2)7-12-18(19(16)17)21(22)24/h3-12H,1H2,2H3. The van der Waals surface area contributed by atoms with Crippen molar-refractivity contribution in [1.82, 2.24) is 4.31 Å². The van der Waals surface area contributed by atoms with Gasteiger partial charge in [-0.25, -0.2) is 8.42 Å². The molecule has 0 bridgehead atoms. The topological polar surface area (TPSA) is 71.5 Å². The van der Waals surface area contributed by atoms with Crippen molar-refractivity contribution < 1.29 is 18.0 Å². The molecule has 0 aromatic heterocycles. The molecule has 0 aliphatic carbocycles. The van der Waals surface area contributed by atoms with E-state index in [9.17, 15) is 18.0 Å². The highest BCUT2D eigenvalue weighted by Gasteiger charge is 2.41. The molecule has 0 atom stereocenters. The lowest BCUT2D eigenvalue weighted by atomic mass is 9.93. The number of benzene rings is 3. The van der Waals surface area contributed by atoms with Crippen LogP contribution in [0, 0.1) is 6.92 Å². The quantitative estimate of drug-likeness (QED) is 0.651. The van der Waals surface area contributed by atoms with E-state index in [0.29, 0.717) is 9.69 Å². The number of carbonyl (C=O) groups excluding carboxylic acids is 2. The Morgan fingerprint density at radius 3 is 2.15 bits per heavy atom. The van der Waals surface area contributed by atoms with Crippen LogP contribution in [0.2, 0.25) is 0 Å². The van der Waals surface area contributed by atoms with E-state index in [1.54, 1.807) is 42.5 Å². The Morgan fingerprint density at radius 1 is 0.889 bits per heavy atom. The van der Waals surface area contributed by atoms with E-state index >= 15 is 0 Å². The summed E-state index contributed by atoms with van der Waals surface area (Å²) in [5.41, 5.74) is 2.05. The second-order valence-corrected chi connectivity index (χ2v) is 8.10. The summed E-state index contributed by atoms with van der Waals surface area (Å²) in [5, 5.41) is 1.26. The Morgan fingerprint density at radius 2 is 1.52 bits per heavy atom. The Bertz CT molecular complexity index is 1220. The second kappa shape index (κ2) is 5.89. The average Bonchev–Trinajstić information content (AvgIpc) is 2.67. The van der Waals surface area contributed by atoms with Gasteiger partial charge in [0.15, 0.2) is 0 Å². The van der Waals surface area contributed by atoms with Crippen molar-refractivity contribution in [2.75, 3.05) is 0 Å². The minimum absolute atomic E-state index is 0.127. The molecule has 0 saturated carbocycles. The van der Waals surface area contributed by atoms with Crippen LogP contribution in [0.3, 0.4) is 0 Å². The number of sulfonamides is 1. The first-order valence-electron chi connectivity index (χ1n) is 8.25. The molecule has 1 aliphatic heterocycles. The van der Waals surface area contributed by atoms with Gasteiger partial charge in [0.1, 0.15) is 0 Å². The lowest BCUT2D eigenvalue weighted by Crippen LogP contribution is -2.44. The van der Waals surface area contributed by atoms with Gasteiger partial charge in [0.2, 0.25) is 0 Å². The fourth-order valence-corrected chi connectivity index (χ4v) is 4.64. The number of carbonyl (C=O) groups is 2. The number of hydrogen-bond donors (Lipinski definition) is 0. The third kappa shape index (κ3) is 2.41. The van der Waals surface area contributed by atoms with Gasteiger partial charge in [0.05, 0.1) is 4.90 Å². The molecule has 0 fully saturated rings. The van der Waals surface area contributed by atoms with Crippen LogP contribution >= 0.6 is 0 Å². The summed E-state index contributed by atoms with van der Waals surface area (Å²) < 4.78 is 26.5. The highest BCUT2D eigenvalue weighted by molar-refractivity contribution is 7.90. The smallest absolute Gasteiger partial charge is 0.267 e. The van der Waals surface area contributed by atoms with Gasteiger partial charge in [0.25, 0.3) is 21.8 Å². The van der Waals surface area contributed by atoms with Crippen LogP contribution in [0.4, 0.5) is 0 Å². The molecule has 0 unspecified atom stereocenters. The lowest BCUT2D eigenvalue weighted by Gasteiger charge is -2.27. The number of imide groups is 1. The molecule has 0 spiro atoms. The molecule has 1 aliphatic rings. The first kappa shape index (κ1) is 17.2. The minimum atomic E-state index is -4.33. The first-order chi connectivity index (χ1) is 12.9. The summed E-state index contributed by atoms with van der Waals surface area (Å²) in [4.78, 5) is 25.8. The van der Waals surface area contributed by atoms with Gasteiger partial charge in [-0.3, -0.25) is 9.59 Å². The van der Waals surface area contributed by atoms with E-state index in [1.165, 1.54) is 12.1 Å². The van der Waals surface area contributed by atoms with Gasteiger partial charge in [0, 0.05) is 16.5 Å². The van der Waals surface area contributed by atoms with Crippen LogP contribution in [0.1, 0.15) is 31.8 Å². The third-order valence-corrected chi connectivity index (χ3v) is 6.42. The third-order valence-electron chi connectivity index (χ3n) is 4.74. The van der Waals surface area contributed by atoms with Gasteiger partial charge < -0.3 is 0 Å². The fourth-order valence-electron chi connectivity index (χ4n) is 3.32. The molecule has 0 radical (unpaired) electrons. The van der Waals surface area contributed by atoms with Crippen LogP contribution < -0.4 is 0 Å². The Hall–Kier alpha value is -3.25. The van der Waals surface area contributed by atoms with E-state index in [4.69, 9.17) is 0 Å². The zero-order valence-corrected chi connectivity index (χ0v) is 15.3. The maximum Gasteiger partial charge on any atom is 0.275 e. The molecule has 6 heteroatoms. The maximum atomic E-state index is 13.1. The van der Waals surface area contributed by atoms with Gasteiger partial charge in [-0.15, -0.1) is 0 Å². The molecule has 3 aromatic carbocycles. The molecule has 1 heterocycles. The van der Waals surface area contributed by atoms with Gasteiger partial charge >= 0.3 is 0 Å². The molecule has 3 aromatic rings. The van der Waals surface area contributed by atoms with Crippen LogP contribution in [-0.4, -0.2) is 24.5 Å². The predicted molar refractivity (Wildman–Crippen MR) is 103 cm³/mol. The first-order valence-corrected chi connectivity index (χ1v) is 9.69. The van der Waals surface area contributed by atoms with Crippen LogP contribution in [0.25, 0.3) is 16.8 Å². The number of aryl methyl sites for hydroxylation is 1. The van der Waals surface area contributed by atoms with Crippen molar-refractivity contribution in [2.24, 2.45) is 0 Å². The van der Waals surface area contributed by atoms with Crippen molar-refractivity contribution >= 4 is 38.7 Å². The summed E-state index contributed by atoms with van der Waals surface area (Å²) in [6.07, 6.45) is 1.58. The molecule has 2 amide bonds. The van der Waals surface area contributed by atoms with E-state index in [-0.39, 0.29) is 16.0 Å². The number of nitrogens with zero attached hydrogens (tertiary/aromatic N) is 1. The molecular weight excluding hydrogens is 362 g/mol. The Kier molecular flexibility index (Phi) is 3.75. The van der Waals surface area contributed by atoms with Crippen molar-refractivity contribution in [3.63, 3.8) is 0 Å². The van der Waals surface area contributed by atoms with E-state index in [2.05, 4.69) is 6.58 Å². The SMILES string of the molecule is C=Cc1ccc(S(=O)(=O)N2C(=O)c3cccc4c(C)ccc(c34)C2=O)cc1. The van der Waals surface area contributed by atoms with E-state index < -0.39 is 21.8 Å². The zero-order valence-electron chi connectivity index (χ0n) is 14.5. The number of hydrogen-bond acceptors (Lipinski definition) is 4. The van der Waals surface area contributed by atoms with Crippen LogP contribution in [-0.2, 0) is 10.0 Å². The second-order valence-electron chi connectivity index (χ2n) is 6.31. The zero-order chi connectivity index (χ0) is 19.3. The highest BCUT2D eigenvalue weighted by Crippen LogP contribution is 2.34. The van der Waals surface area contributed by atoms with Crippen LogP contribution in [0.5, 0.6) is 0 Å². The summed E-state index contributed by atoms with van der Waals surface area (Å²) in [5.74, 6) is -1.67. The lowest BCUT2D eigenvalue weighted by molar-refractivity contribution is 0.0726. The van der Waals surface area contributed by atoms with Crippen molar-refractivity contribution in [2.45, 2.75) is 11.8 Å². The van der Waals surface area contributed by atoms with Gasteiger partial charge in [-0.05, 0) is 47.7 Å². The fraction of sp³-hybridized carbons (Fsp3) is 0.0476. The summed E-state index contributed by atoms with van der Waals surface area (Å²) in [6.45, 7) is 5.50.